The second-order valence-electron chi connectivity index (χ2n) is 2.42. The minimum atomic E-state index is -1.17. The van der Waals surface area contributed by atoms with Gasteiger partial charge in [-0.2, -0.15) is 4.68 Å². The number of carbonyl (C=O) groups is 1. The lowest BCUT2D eigenvalue weighted by Crippen LogP contribution is -2.09. The first kappa shape index (κ1) is 8.30. The zero-order chi connectivity index (χ0) is 9.97. The van der Waals surface area contributed by atoms with Crippen molar-refractivity contribution >= 4 is 5.97 Å². The molecule has 2 aromatic heterocycles. The molecule has 0 saturated heterocycles. The van der Waals surface area contributed by atoms with Gasteiger partial charge in [0.05, 0.1) is 5.69 Å². The number of carboxylic acid groups (broad SMARTS) is 1. The maximum absolute atomic E-state index is 10.7. The number of aromatic carboxylic acids is 1. The van der Waals surface area contributed by atoms with Crippen LogP contribution in [0.3, 0.4) is 0 Å². The summed E-state index contributed by atoms with van der Waals surface area (Å²) in [5, 5.41) is 18.9. The number of tetrazole rings is 1. The molecule has 7 nitrogen and oxygen atoms in total. The first-order valence-electron chi connectivity index (χ1n) is 3.71. The third-order valence-corrected chi connectivity index (χ3v) is 1.57. The molecule has 0 radical (unpaired) electrons. The maximum Gasteiger partial charge on any atom is 0.376 e. The topological polar surface area (TPSA) is 93.8 Å². The molecule has 2 rings (SSSR count). The van der Waals surface area contributed by atoms with Gasteiger partial charge < -0.3 is 5.11 Å². The standard InChI is InChI=1S/C7H5N5O2/c13-7(14)6-9-10-11-12(6)5-1-3-8-4-2-5/h1-4H,(H,13,14). The number of hydrogen-bond acceptors (Lipinski definition) is 5. The lowest BCUT2D eigenvalue weighted by molar-refractivity contribution is 0.0680. The van der Waals surface area contributed by atoms with E-state index in [1.807, 2.05) is 0 Å². The van der Waals surface area contributed by atoms with Crippen LogP contribution in [0.1, 0.15) is 10.6 Å². The molecule has 1 N–H and O–H groups in total. The van der Waals surface area contributed by atoms with Crippen molar-refractivity contribution in [2.45, 2.75) is 0 Å². The second-order valence-corrected chi connectivity index (χ2v) is 2.42. The fourth-order valence-corrected chi connectivity index (χ4v) is 0.980. The highest BCUT2D eigenvalue weighted by Crippen LogP contribution is 2.04. The van der Waals surface area contributed by atoms with E-state index in [1.165, 1.54) is 12.4 Å². The zero-order valence-electron chi connectivity index (χ0n) is 6.90. The van der Waals surface area contributed by atoms with Crippen molar-refractivity contribution in [2.24, 2.45) is 0 Å². The molecule has 0 aliphatic carbocycles. The SMILES string of the molecule is O=C(O)c1nnnn1-c1ccncc1. The van der Waals surface area contributed by atoms with Gasteiger partial charge in [-0.25, -0.2) is 4.79 Å². The average Bonchev–Trinajstić information content (AvgIpc) is 2.67. The number of pyridine rings is 1. The largest absolute Gasteiger partial charge is 0.475 e. The van der Waals surface area contributed by atoms with Gasteiger partial charge in [0.1, 0.15) is 0 Å². The lowest BCUT2D eigenvalue weighted by atomic mass is 10.4. The summed E-state index contributed by atoms with van der Waals surface area (Å²) in [7, 11) is 0. The Bertz CT molecular complexity index is 452. The molecule has 2 heterocycles. The van der Waals surface area contributed by atoms with Crippen LogP contribution in [0.5, 0.6) is 0 Å². The molecule has 0 atom stereocenters. The fourth-order valence-electron chi connectivity index (χ4n) is 0.980. The van der Waals surface area contributed by atoms with Gasteiger partial charge in [-0.05, 0) is 22.6 Å². The summed E-state index contributed by atoms with van der Waals surface area (Å²) in [6.45, 7) is 0. The Morgan fingerprint density at radius 2 is 2.07 bits per heavy atom. The van der Waals surface area contributed by atoms with Crippen molar-refractivity contribution in [3.05, 3.63) is 30.4 Å². The molecule has 0 amide bonds. The molecule has 70 valence electrons. The molecule has 0 spiro atoms. The molecule has 0 aromatic carbocycles. The van der Waals surface area contributed by atoms with Crippen LogP contribution in [0.2, 0.25) is 0 Å². The molecule has 0 aliphatic rings. The summed E-state index contributed by atoms with van der Waals surface area (Å²) < 4.78 is 1.13. The minimum absolute atomic E-state index is 0.226. The van der Waals surface area contributed by atoms with Crippen LogP contribution in [0.4, 0.5) is 0 Å². The van der Waals surface area contributed by atoms with Crippen molar-refractivity contribution in [1.29, 1.82) is 0 Å². The van der Waals surface area contributed by atoms with Crippen LogP contribution >= 0.6 is 0 Å². The monoisotopic (exact) mass is 191 g/mol. The molecule has 0 fully saturated rings. The Morgan fingerprint density at radius 1 is 1.36 bits per heavy atom. The van der Waals surface area contributed by atoms with Gasteiger partial charge in [-0.1, -0.05) is 0 Å². The number of hydrogen-bond donors (Lipinski definition) is 1. The molecule has 14 heavy (non-hydrogen) atoms. The van der Waals surface area contributed by atoms with Crippen LogP contribution in [0, 0.1) is 0 Å². The summed E-state index contributed by atoms with van der Waals surface area (Å²) in [4.78, 5) is 14.5. The number of aromatic nitrogens is 5. The Labute approximate surface area is 78.0 Å². The Morgan fingerprint density at radius 3 is 2.71 bits per heavy atom. The molecule has 2 aromatic rings. The van der Waals surface area contributed by atoms with Gasteiger partial charge in [0.25, 0.3) is 5.82 Å². The van der Waals surface area contributed by atoms with Gasteiger partial charge in [0.15, 0.2) is 0 Å². The highest BCUT2D eigenvalue weighted by molar-refractivity contribution is 5.83. The van der Waals surface area contributed by atoms with Crippen LogP contribution in [0.15, 0.2) is 24.5 Å². The predicted octanol–water partition coefficient (Wildman–Crippen LogP) is -0.245. The number of carboxylic acids is 1. The van der Waals surface area contributed by atoms with Gasteiger partial charge in [-0.3, -0.25) is 4.98 Å². The van der Waals surface area contributed by atoms with Gasteiger partial charge in [0.2, 0.25) is 0 Å². The van der Waals surface area contributed by atoms with E-state index in [0.29, 0.717) is 5.69 Å². The maximum atomic E-state index is 10.7. The van der Waals surface area contributed by atoms with Crippen LogP contribution < -0.4 is 0 Å². The summed E-state index contributed by atoms with van der Waals surface area (Å²) in [6.07, 6.45) is 3.06. The summed E-state index contributed by atoms with van der Waals surface area (Å²) in [6, 6.07) is 3.23. The minimum Gasteiger partial charge on any atom is -0.475 e. The summed E-state index contributed by atoms with van der Waals surface area (Å²) in [5.41, 5.74) is 0.558. The summed E-state index contributed by atoms with van der Waals surface area (Å²) >= 11 is 0. The van der Waals surface area contributed by atoms with Crippen LogP contribution in [-0.2, 0) is 0 Å². The molecular formula is C7H5N5O2. The number of nitrogens with zero attached hydrogens (tertiary/aromatic N) is 5. The highest BCUT2D eigenvalue weighted by atomic mass is 16.4. The summed E-state index contributed by atoms with van der Waals surface area (Å²) in [5.74, 6) is -1.40. The third-order valence-electron chi connectivity index (χ3n) is 1.57. The fraction of sp³-hybridized carbons (Fsp3) is 0. The molecule has 0 bridgehead atoms. The van der Waals surface area contributed by atoms with Crippen molar-refractivity contribution in [3.8, 4) is 5.69 Å². The van der Waals surface area contributed by atoms with Crippen molar-refractivity contribution in [2.75, 3.05) is 0 Å². The van der Waals surface area contributed by atoms with Gasteiger partial charge in [-0.15, -0.1) is 5.10 Å². The van der Waals surface area contributed by atoms with E-state index in [2.05, 4.69) is 20.5 Å². The van der Waals surface area contributed by atoms with Gasteiger partial charge >= 0.3 is 5.97 Å². The van der Waals surface area contributed by atoms with Gasteiger partial charge in [0, 0.05) is 12.4 Å². The molecule has 0 unspecified atom stereocenters. The second kappa shape index (κ2) is 3.21. The lowest BCUT2D eigenvalue weighted by Gasteiger charge is -1.98. The smallest absolute Gasteiger partial charge is 0.376 e. The van der Waals surface area contributed by atoms with E-state index in [0.717, 1.165) is 4.68 Å². The molecule has 0 aliphatic heterocycles. The quantitative estimate of drug-likeness (QED) is 0.703. The Kier molecular flexibility index (Phi) is 1.90. The van der Waals surface area contributed by atoms with E-state index in [9.17, 15) is 4.79 Å². The Balaban J connectivity index is 2.52. The van der Waals surface area contributed by atoms with Crippen LogP contribution in [-0.4, -0.2) is 36.3 Å². The predicted molar refractivity (Wildman–Crippen MR) is 43.9 cm³/mol. The van der Waals surface area contributed by atoms with E-state index in [4.69, 9.17) is 5.11 Å². The van der Waals surface area contributed by atoms with Crippen LogP contribution in [0.25, 0.3) is 5.69 Å². The van der Waals surface area contributed by atoms with Crippen molar-refractivity contribution in [1.82, 2.24) is 25.2 Å². The zero-order valence-corrected chi connectivity index (χ0v) is 6.90. The molecule has 7 heteroatoms. The highest BCUT2D eigenvalue weighted by Gasteiger charge is 2.14. The Hall–Kier alpha value is -2.31. The van der Waals surface area contributed by atoms with E-state index < -0.39 is 5.97 Å². The first-order chi connectivity index (χ1) is 6.79. The molecular weight excluding hydrogens is 186 g/mol. The normalized spacial score (nSPS) is 10.0. The van der Waals surface area contributed by atoms with Crippen molar-refractivity contribution in [3.63, 3.8) is 0 Å². The average molecular weight is 191 g/mol. The van der Waals surface area contributed by atoms with E-state index >= 15 is 0 Å². The van der Waals surface area contributed by atoms with Crippen molar-refractivity contribution < 1.29 is 9.90 Å². The molecule has 0 saturated carbocycles. The first-order valence-corrected chi connectivity index (χ1v) is 3.71. The van der Waals surface area contributed by atoms with E-state index in [1.54, 1.807) is 12.1 Å². The third kappa shape index (κ3) is 1.30. The van der Waals surface area contributed by atoms with E-state index in [-0.39, 0.29) is 5.82 Å². The number of rotatable bonds is 2.